The van der Waals surface area contributed by atoms with Crippen molar-refractivity contribution in [3.05, 3.63) is 40.8 Å². The van der Waals surface area contributed by atoms with Crippen LogP contribution in [0.1, 0.15) is 23.3 Å². The first-order chi connectivity index (χ1) is 14.8. The number of hydrogen-bond acceptors (Lipinski definition) is 6. The molecule has 1 aliphatic heterocycles. The number of nitrogens with one attached hydrogen (secondary N) is 1. The maximum atomic E-state index is 12.6. The molecule has 31 heavy (non-hydrogen) atoms. The van der Waals surface area contributed by atoms with Gasteiger partial charge in [-0.15, -0.1) is 11.3 Å². The number of sulfonamides is 1. The zero-order valence-electron chi connectivity index (χ0n) is 17.0. The van der Waals surface area contributed by atoms with Crippen LogP contribution in [-0.2, 0) is 27.7 Å². The highest BCUT2D eigenvalue weighted by atomic mass is 32.2. The van der Waals surface area contributed by atoms with Crippen molar-refractivity contribution in [1.29, 1.82) is 0 Å². The van der Waals surface area contributed by atoms with Crippen molar-refractivity contribution in [2.45, 2.75) is 36.5 Å². The van der Waals surface area contributed by atoms with Crippen LogP contribution >= 0.6 is 11.3 Å². The van der Waals surface area contributed by atoms with Gasteiger partial charge in [0.2, 0.25) is 5.91 Å². The van der Waals surface area contributed by atoms with Gasteiger partial charge >= 0.3 is 6.61 Å². The van der Waals surface area contributed by atoms with Gasteiger partial charge in [-0.05, 0) is 49.1 Å². The molecular weight excluding hydrogens is 450 g/mol. The number of carbonyl (C=O) groups is 1. The van der Waals surface area contributed by atoms with Crippen molar-refractivity contribution in [3.8, 4) is 11.5 Å². The molecule has 7 nitrogen and oxygen atoms in total. The number of ether oxygens (including phenoxy) is 2. The molecule has 0 unspecified atom stereocenters. The number of nitrogens with zero attached hydrogens (tertiary/aromatic N) is 1. The lowest BCUT2D eigenvalue weighted by molar-refractivity contribution is -0.120. The lowest BCUT2D eigenvalue weighted by Gasteiger charge is -2.13. The highest BCUT2D eigenvalue weighted by Gasteiger charge is 2.28. The quantitative estimate of drug-likeness (QED) is 0.572. The third kappa shape index (κ3) is 6.14. The molecular formula is C20H24F2N2O5S2. The Morgan fingerprint density at radius 1 is 1.19 bits per heavy atom. The molecule has 1 aromatic heterocycles. The summed E-state index contributed by atoms with van der Waals surface area (Å²) in [7, 11) is -2.12. The topological polar surface area (TPSA) is 84.9 Å². The first-order valence-electron chi connectivity index (χ1n) is 9.77. The Morgan fingerprint density at radius 2 is 1.94 bits per heavy atom. The van der Waals surface area contributed by atoms with E-state index in [0.717, 1.165) is 24.2 Å². The molecule has 11 heteroatoms. The van der Waals surface area contributed by atoms with Gasteiger partial charge in [-0.2, -0.15) is 13.1 Å². The Morgan fingerprint density at radius 3 is 2.61 bits per heavy atom. The third-order valence-electron chi connectivity index (χ3n) is 4.81. The zero-order valence-corrected chi connectivity index (χ0v) is 18.6. The van der Waals surface area contributed by atoms with Gasteiger partial charge in [-0.3, -0.25) is 4.79 Å². The molecule has 1 aromatic carbocycles. The van der Waals surface area contributed by atoms with Crippen molar-refractivity contribution >= 4 is 27.3 Å². The molecule has 1 fully saturated rings. The fourth-order valence-electron chi connectivity index (χ4n) is 3.28. The summed E-state index contributed by atoms with van der Waals surface area (Å²) >= 11 is 1.10. The van der Waals surface area contributed by atoms with Crippen molar-refractivity contribution in [2.24, 2.45) is 0 Å². The molecule has 3 rings (SSSR count). The number of rotatable bonds is 10. The van der Waals surface area contributed by atoms with Crippen molar-refractivity contribution in [3.63, 3.8) is 0 Å². The Labute approximate surface area is 184 Å². The molecule has 2 heterocycles. The van der Waals surface area contributed by atoms with Crippen LogP contribution in [0, 0.1) is 0 Å². The number of amides is 1. The normalized spacial score (nSPS) is 14.7. The van der Waals surface area contributed by atoms with Gasteiger partial charge in [0.15, 0.2) is 11.5 Å². The SMILES string of the molecule is COc1ccc(CCNC(=O)Cc2ccc(S(=O)(=O)N3CCCC3)s2)cc1OC(F)F. The first-order valence-corrected chi connectivity index (χ1v) is 12.0. The minimum Gasteiger partial charge on any atom is -0.493 e. The Hall–Kier alpha value is -2.24. The predicted octanol–water partition coefficient (Wildman–Crippen LogP) is 3.04. The molecule has 0 saturated carbocycles. The molecule has 2 aromatic rings. The lowest BCUT2D eigenvalue weighted by Crippen LogP contribution is -2.27. The lowest BCUT2D eigenvalue weighted by atomic mass is 10.1. The van der Waals surface area contributed by atoms with Crippen LogP contribution < -0.4 is 14.8 Å². The van der Waals surface area contributed by atoms with Crippen molar-refractivity contribution in [2.75, 3.05) is 26.7 Å². The second-order valence-corrected chi connectivity index (χ2v) is 10.3. The van der Waals surface area contributed by atoms with Gasteiger partial charge in [0.25, 0.3) is 10.0 Å². The van der Waals surface area contributed by atoms with Crippen LogP contribution in [0.2, 0.25) is 0 Å². The fraction of sp³-hybridized carbons (Fsp3) is 0.450. The van der Waals surface area contributed by atoms with Gasteiger partial charge in [0.05, 0.1) is 13.5 Å². The van der Waals surface area contributed by atoms with Crippen LogP contribution in [0.25, 0.3) is 0 Å². The molecule has 1 N–H and O–H groups in total. The minimum atomic E-state index is -3.48. The van der Waals surface area contributed by atoms with E-state index in [1.54, 1.807) is 18.2 Å². The molecule has 1 saturated heterocycles. The molecule has 0 spiro atoms. The van der Waals surface area contributed by atoms with E-state index in [1.165, 1.54) is 23.5 Å². The number of methoxy groups -OCH3 is 1. The second kappa shape index (κ2) is 10.4. The van der Waals surface area contributed by atoms with Crippen molar-refractivity contribution in [1.82, 2.24) is 9.62 Å². The summed E-state index contributed by atoms with van der Waals surface area (Å²) in [5.41, 5.74) is 0.701. The summed E-state index contributed by atoms with van der Waals surface area (Å²) in [6, 6.07) is 7.89. The molecule has 1 amide bonds. The maximum absolute atomic E-state index is 12.6. The summed E-state index contributed by atoms with van der Waals surface area (Å²) in [4.78, 5) is 12.9. The summed E-state index contributed by atoms with van der Waals surface area (Å²) < 4.78 is 61.4. The molecule has 1 aliphatic rings. The number of alkyl halides is 2. The summed E-state index contributed by atoms with van der Waals surface area (Å²) in [6.45, 7) is -1.60. The Balaban J connectivity index is 1.51. The van der Waals surface area contributed by atoms with E-state index in [1.807, 2.05) is 0 Å². The van der Waals surface area contributed by atoms with E-state index in [4.69, 9.17) is 4.74 Å². The molecule has 170 valence electrons. The highest BCUT2D eigenvalue weighted by Crippen LogP contribution is 2.30. The monoisotopic (exact) mass is 474 g/mol. The van der Waals surface area contributed by atoms with Crippen LogP contribution in [0.5, 0.6) is 11.5 Å². The van der Waals surface area contributed by atoms with E-state index >= 15 is 0 Å². The smallest absolute Gasteiger partial charge is 0.387 e. The van der Waals surface area contributed by atoms with Crippen LogP contribution in [0.15, 0.2) is 34.5 Å². The van der Waals surface area contributed by atoms with Gasteiger partial charge in [0, 0.05) is 24.5 Å². The third-order valence-corrected chi connectivity index (χ3v) is 8.26. The molecule has 0 atom stereocenters. The summed E-state index contributed by atoms with van der Waals surface area (Å²) in [5.74, 6) is -0.110. The number of carbonyl (C=O) groups excluding carboxylic acids is 1. The van der Waals surface area contributed by atoms with Gasteiger partial charge in [-0.25, -0.2) is 8.42 Å². The zero-order chi connectivity index (χ0) is 22.4. The van der Waals surface area contributed by atoms with Crippen LogP contribution in [0.3, 0.4) is 0 Å². The Kier molecular flexibility index (Phi) is 7.84. The van der Waals surface area contributed by atoms with Crippen LogP contribution in [-0.4, -0.2) is 52.0 Å². The number of halogens is 2. The van der Waals surface area contributed by atoms with E-state index in [-0.39, 0.29) is 28.0 Å². The van der Waals surface area contributed by atoms with E-state index in [9.17, 15) is 22.0 Å². The standard InChI is InChI=1S/C20H24F2N2O5S2/c1-28-16-6-4-14(12-17(16)29-20(21)22)8-9-23-18(25)13-15-5-7-19(30-15)31(26,27)24-10-2-3-11-24/h4-7,12,20H,2-3,8-11,13H2,1H3,(H,23,25). The number of hydrogen-bond donors (Lipinski definition) is 1. The molecule has 0 bridgehead atoms. The summed E-state index contributed by atoms with van der Waals surface area (Å²) in [6.07, 6.45) is 2.21. The van der Waals surface area contributed by atoms with Gasteiger partial charge < -0.3 is 14.8 Å². The average molecular weight is 475 g/mol. The molecule has 0 aliphatic carbocycles. The van der Waals surface area contributed by atoms with Gasteiger partial charge in [-0.1, -0.05) is 6.07 Å². The molecule has 0 radical (unpaired) electrons. The van der Waals surface area contributed by atoms with E-state index < -0.39 is 16.6 Å². The second-order valence-electron chi connectivity index (χ2n) is 6.97. The first kappa shape index (κ1) is 23.4. The summed E-state index contributed by atoms with van der Waals surface area (Å²) in [5, 5.41) is 2.76. The minimum absolute atomic E-state index is 0.0633. The van der Waals surface area contributed by atoms with Crippen LogP contribution in [0.4, 0.5) is 8.78 Å². The number of thiophene rings is 1. The average Bonchev–Trinajstić information content (AvgIpc) is 3.40. The van der Waals surface area contributed by atoms with Gasteiger partial charge in [0.1, 0.15) is 4.21 Å². The van der Waals surface area contributed by atoms with E-state index in [2.05, 4.69) is 10.1 Å². The van der Waals surface area contributed by atoms with Crippen molar-refractivity contribution < 1.29 is 31.5 Å². The largest absolute Gasteiger partial charge is 0.493 e. The maximum Gasteiger partial charge on any atom is 0.387 e. The number of benzene rings is 1. The van der Waals surface area contributed by atoms with E-state index in [0.29, 0.717) is 36.5 Å². The predicted molar refractivity (Wildman–Crippen MR) is 112 cm³/mol. The highest BCUT2D eigenvalue weighted by molar-refractivity contribution is 7.91. The fourth-order valence-corrected chi connectivity index (χ4v) is 6.31. The Bertz CT molecular complexity index is 1000.